The minimum absolute atomic E-state index is 0.133. The third-order valence-corrected chi connectivity index (χ3v) is 3.38. The number of aliphatic hydroxyl groups excluding tert-OH is 1. The second kappa shape index (κ2) is 6.24. The van der Waals surface area contributed by atoms with Crippen molar-refractivity contribution in [1.82, 2.24) is 0 Å². The number of ether oxygens (including phenoxy) is 1. The predicted octanol–water partition coefficient (Wildman–Crippen LogP) is 2.76. The summed E-state index contributed by atoms with van der Waals surface area (Å²) >= 11 is 5.94. The van der Waals surface area contributed by atoms with Gasteiger partial charge in [-0.3, -0.25) is 0 Å². The van der Waals surface area contributed by atoms with Crippen LogP contribution in [0, 0.1) is 5.92 Å². The first-order valence-electron chi connectivity index (χ1n) is 5.78. The van der Waals surface area contributed by atoms with Crippen molar-refractivity contribution in [2.45, 2.75) is 32.4 Å². The number of methoxy groups -OCH3 is 1. The molecule has 0 amide bonds. The van der Waals surface area contributed by atoms with Gasteiger partial charge in [0.25, 0.3) is 0 Å². The molecule has 1 aromatic rings. The highest BCUT2D eigenvalue weighted by Crippen LogP contribution is 2.31. The van der Waals surface area contributed by atoms with Gasteiger partial charge < -0.3 is 15.6 Å². The van der Waals surface area contributed by atoms with E-state index in [0.29, 0.717) is 10.8 Å². The molecule has 3 atom stereocenters. The van der Waals surface area contributed by atoms with Crippen LogP contribution in [0.5, 0.6) is 5.75 Å². The lowest BCUT2D eigenvalue weighted by molar-refractivity contribution is 0.0871. The SMILES string of the molecule is CCC(C)[C@H](O)[C@H](N)c1cc(Cl)ccc1OC. The zero-order valence-corrected chi connectivity index (χ0v) is 11.2. The van der Waals surface area contributed by atoms with Gasteiger partial charge in [-0.1, -0.05) is 31.9 Å². The zero-order valence-electron chi connectivity index (χ0n) is 10.5. The summed E-state index contributed by atoms with van der Waals surface area (Å²) in [5.74, 6) is 0.790. The van der Waals surface area contributed by atoms with Gasteiger partial charge in [-0.25, -0.2) is 0 Å². The Morgan fingerprint density at radius 1 is 1.47 bits per heavy atom. The molecule has 0 fully saturated rings. The molecule has 0 aliphatic carbocycles. The molecule has 3 N–H and O–H groups in total. The van der Waals surface area contributed by atoms with E-state index >= 15 is 0 Å². The Hall–Kier alpha value is -0.770. The molecule has 3 nitrogen and oxygen atoms in total. The molecule has 1 aromatic carbocycles. The van der Waals surface area contributed by atoms with Crippen molar-refractivity contribution in [2.24, 2.45) is 11.7 Å². The first-order valence-corrected chi connectivity index (χ1v) is 6.16. The normalized spacial score (nSPS) is 16.4. The van der Waals surface area contributed by atoms with Gasteiger partial charge in [0.2, 0.25) is 0 Å². The smallest absolute Gasteiger partial charge is 0.123 e. The van der Waals surface area contributed by atoms with Crippen molar-refractivity contribution >= 4 is 11.6 Å². The number of halogens is 1. The number of aliphatic hydroxyl groups is 1. The van der Waals surface area contributed by atoms with Crippen molar-refractivity contribution in [2.75, 3.05) is 7.11 Å². The molecule has 0 bridgehead atoms. The Kier molecular flexibility index (Phi) is 5.25. The van der Waals surface area contributed by atoms with Crippen LogP contribution in [-0.2, 0) is 0 Å². The molecule has 17 heavy (non-hydrogen) atoms. The Morgan fingerprint density at radius 2 is 2.12 bits per heavy atom. The largest absolute Gasteiger partial charge is 0.496 e. The zero-order chi connectivity index (χ0) is 13.0. The van der Waals surface area contributed by atoms with E-state index in [9.17, 15) is 5.11 Å². The molecule has 96 valence electrons. The third-order valence-electron chi connectivity index (χ3n) is 3.15. The summed E-state index contributed by atoms with van der Waals surface area (Å²) in [5.41, 5.74) is 6.81. The van der Waals surface area contributed by atoms with Crippen molar-refractivity contribution < 1.29 is 9.84 Å². The van der Waals surface area contributed by atoms with E-state index in [4.69, 9.17) is 22.1 Å². The maximum absolute atomic E-state index is 10.1. The molecular weight excluding hydrogens is 238 g/mol. The Morgan fingerprint density at radius 3 is 2.65 bits per heavy atom. The molecule has 0 saturated carbocycles. The second-order valence-electron chi connectivity index (χ2n) is 4.29. The predicted molar refractivity (Wildman–Crippen MR) is 70.4 cm³/mol. The van der Waals surface area contributed by atoms with Gasteiger partial charge >= 0.3 is 0 Å². The number of nitrogens with two attached hydrogens (primary N) is 1. The molecule has 0 heterocycles. The summed E-state index contributed by atoms with van der Waals surface area (Å²) < 4.78 is 5.24. The Labute approximate surface area is 108 Å². The highest BCUT2D eigenvalue weighted by atomic mass is 35.5. The minimum atomic E-state index is -0.604. The van der Waals surface area contributed by atoms with Crippen molar-refractivity contribution in [1.29, 1.82) is 0 Å². The van der Waals surface area contributed by atoms with Crippen LogP contribution in [0.15, 0.2) is 18.2 Å². The molecule has 0 saturated heterocycles. The van der Waals surface area contributed by atoms with Gasteiger partial charge in [-0.2, -0.15) is 0 Å². The maximum Gasteiger partial charge on any atom is 0.123 e. The van der Waals surface area contributed by atoms with Crippen LogP contribution in [0.4, 0.5) is 0 Å². The second-order valence-corrected chi connectivity index (χ2v) is 4.72. The van der Waals surface area contributed by atoms with Gasteiger partial charge in [0.1, 0.15) is 5.75 Å². The number of hydrogen-bond donors (Lipinski definition) is 2. The summed E-state index contributed by atoms with van der Waals surface area (Å²) in [5, 5.41) is 10.7. The van der Waals surface area contributed by atoms with E-state index in [1.165, 1.54) is 0 Å². The molecule has 0 spiro atoms. The highest BCUT2D eigenvalue weighted by molar-refractivity contribution is 6.30. The average molecular weight is 258 g/mol. The Balaban J connectivity index is 3.01. The first-order chi connectivity index (χ1) is 8.01. The minimum Gasteiger partial charge on any atom is -0.496 e. The summed E-state index contributed by atoms with van der Waals surface area (Å²) in [4.78, 5) is 0. The number of rotatable bonds is 5. The van der Waals surface area contributed by atoms with Crippen LogP contribution >= 0.6 is 11.6 Å². The molecule has 0 aliphatic rings. The van der Waals surface area contributed by atoms with E-state index in [1.54, 1.807) is 25.3 Å². The first kappa shape index (κ1) is 14.3. The molecule has 1 unspecified atom stereocenters. The van der Waals surface area contributed by atoms with Crippen molar-refractivity contribution in [3.05, 3.63) is 28.8 Å². The lowest BCUT2D eigenvalue weighted by Crippen LogP contribution is -2.31. The maximum atomic E-state index is 10.1. The van der Waals surface area contributed by atoms with Crippen LogP contribution in [0.1, 0.15) is 31.9 Å². The third kappa shape index (κ3) is 3.35. The van der Waals surface area contributed by atoms with Crippen LogP contribution in [0.3, 0.4) is 0 Å². The lowest BCUT2D eigenvalue weighted by Gasteiger charge is -2.25. The summed E-state index contributed by atoms with van der Waals surface area (Å²) in [6, 6.07) is 4.77. The Bertz CT molecular complexity index is 370. The highest BCUT2D eigenvalue weighted by Gasteiger charge is 2.24. The molecule has 1 rings (SSSR count). The van der Waals surface area contributed by atoms with E-state index in [1.807, 2.05) is 13.8 Å². The van der Waals surface area contributed by atoms with Gasteiger partial charge in [0, 0.05) is 10.6 Å². The van der Waals surface area contributed by atoms with Crippen LogP contribution in [-0.4, -0.2) is 18.3 Å². The quantitative estimate of drug-likeness (QED) is 0.853. The topological polar surface area (TPSA) is 55.5 Å². The molecule has 4 heteroatoms. The molecule has 0 radical (unpaired) electrons. The molecule has 0 aromatic heterocycles. The number of benzene rings is 1. The molecule has 0 aliphatic heterocycles. The fourth-order valence-electron chi connectivity index (χ4n) is 1.75. The summed E-state index contributed by atoms with van der Waals surface area (Å²) in [6.45, 7) is 4.00. The van der Waals surface area contributed by atoms with Crippen LogP contribution < -0.4 is 10.5 Å². The van der Waals surface area contributed by atoms with Crippen molar-refractivity contribution in [3.63, 3.8) is 0 Å². The fraction of sp³-hybridized carbons (Fsp3) is 0.538. The van der Waals surface area contributed by atoms with Gasteiger partial charge in [-0.05, 0) is 24.1 Å². The van der Waals surface area contributed by atoms with E-state index in [0.717, 1.165) is 12.0 Å². The monoisotopic (exact) mass is 257 g/mol. The number of hydrogen-bond acceptors (Lipinski definition) is 3. The standard InChI is InChI=1S/C13H20ClNO2/c1-4-8(2)13(16)12(15)10-7-9(14)5-6-11(10)17-3/h5-8,12-13,16H,4,15H2,1-3H3/t8?,12-,13+/m1/s1. The van der Waals surface area contributed by atoms with Crippen LogP contribution in [0.2, 0.25) is 5.02 Å². The van der Waals surface area contributed by atoms with E-state index < -0.39 is 12.1 Å². The van der Waals surface area contributed by atoms with E-state index in [2.05, 4.69) is 0 Å². The lowest BCUT2D eigenvalue weighted by atomic mass is 9.91. The summed E-state index contributed by atoms with van der Waals surface area (Å²) in [7, 11) is 1.58. The van der Waals surface area contributed by atoms with E-state index in [-0.39, 0.29) is 5.92 Å². The van der Waals surface area contributed by atoms with Gasteiger partial charge in [0.15, 0.2) is 0 Å². The average Bonchev–Trinajstić information content (AvgIpc) is 2.35. The summed E-state index contributed by atoms with van der Waals surface area (Å²) in [6.07, 6.45) is 0.268. The van der Waals surface area contributed by atoms with Gasteiger partial charge in [-0.15, -0.1) is 0 Å². The molecular formula is C13H20ClNO2. The van der Waals surface area contributed by atoms with Crippen molar-refractivity contribution in [3.8, 4) is 5.75 Å². The van der Waals surface area contributed by atoms with Gasteiger partial charge in [0.05, 0.1) is 19.3 Å². The van der Waals surface area contributed by atoms with Crippen LogP contribution in [0.25, 0.3) is 0 Å². The fourth-order valence-corrected chi connectivity index (χ4v) is 1.93.